The Kier molecular flexibility index (Phi) is 4.53. The average molecular weight is 290 g/mol. The Hall–Kier alpha value is -2.13. The minimum atomic E-state index is -0.514. The Morgan fingerprint density at radius 1 is 1.25 bits per heavy atom. The molecule has 0 aromatic heterocycles. The summed E-state index contributed by atoms with van der Waals surface area (Å²) in [5, 5.41) is 2.60. The van der Waals surface area contributed by atoms with Gasteiger partial charge in [0.05, 0.1) is 5.02 Å². The van der Waals surface area contributed by atoms with Gasteiger partial charge in [-0.15, -0.1) is 0 Å². The minimum absolute atomic E-state index is 0.0227. The molecule has 2 aromatic carbocycles. The molecule has 0 saturated heterocycles. The highest BCUT2D eigenvalue weighted by molar-refractivity contribution is 6.31. The van der Waals surface area contributed by atoms with Crippen LogP contribution < -0.4 is 5.32 Å². The third-order valence-corrected chi connectivity index (χ3v) is 2.95. The summed E-state index contributed by atoms with van der Waals surface area (Å²) in [5.41, 5.74) is 2.52. The summed E-state index contributed by atoms with van der Waals surface area (Å²) >= 11 is 5.64. The van der Waals surface area contributed by atoms with Crippen LogP contribution in [0.1, 0.15) is 11.1 Å². The Bertz CT molecular complexity index is 667. The summed E-state index contributed by atoms with van der Waals surface area (Å²) in [6.07, 6.45) is 3.14. The molecule has 1 amide bonds. The summed E-state index contributed by atoms with van der Waals surface area (Å²) < 4.78 is 13.0. The first-order valence-corrected chi connectivity index (χ1v) is 6.43. The number of hydrogen-bond donors (Lipinski definition) is 1. The van der Waals surface area contributed by atoms with E-state index in [-0.39, 0.29) is 10.9 Å². The summed E-state index contributed by atoms with van der Waals surface area (Å²) in [7, 11) is 0. The summed E-state index contributed by atoms with van der Waals surface area (Å²) in [5.74, 6) is -0.811. The second-order valence-corrected chi connectivity index (χ2v) is 4.77. The highest BCUT2D eigenvalue weighted by Crippen LogP contribution is 2.19. The molecule has 0 fully saturated rings. The van der Waals surface area contributed by atoms with Crippen LogP contribution in [0.25, 0.3) is 6.08 Å². The number of amides is 1. The number of carbonyl (C=O) groups excluding carboxylic acids is 1. The van der Waals surface area contributed by atoms with Crippen LogP contribution in [0.2, 0.25) is 5.02 Å². The molecule has 0 aliphatic carbocycles. The number of aryl methyl sites for hydroxylation is 1. The molecule has 1 N–H and O–H groups in total. The fourth-order valence-corrected chi connectivity index (χ4v) is 1.88. The van der Waals surface area contributed by atoms with Crippen molar-refractivity contribution in [2.75, 3.05) is 5.32 Å². The van der Waals surface area contributed by atoms with Crippen LogP contribution in [-0.4, -0.2) is 5.91 Å². The zero-order valence-electron chi connectivity index (χ0n) is 10.9. The van der Waals surface area contributed by atoms with Crippen LogP contribution in [0.4, 0.5) is 10.1 Å². The fourth-order valence-electron chi connectivity index (χ4n) is 1.70. The van der Waals surface area contributed by atoms with Crippen molar-refractivity contribution >= 4 is 29.3 Å². The van der Waals surface area contributed by atoms with Gasteiger partial charge in [-0.2, -0.15) is 0 Å². The van der Waals surface area contributed by atoms with Gasteiger partial charge in [-0.3, -0.25) is 4.79 Å². The molecule has 0 saturated carbocycles. The van der Waals surface area contributed by atoms with Crippen LogP contribution in [0, 0.1) is 12.7 Å². The van der Waals surface area contributed by atoms with Gasteiger partial charge in [0.1, 0.15) is 5.82 Å². The van der Waals surface area contributed by atoms with Crippen molar-refractivity contribution in [1.82, 2.24) is 0 Å². The van der Waals surface area contributed by atoms with E-state index in [9.17, 15) is 9.18 Å². The molecular formula is C16H13ClFNO. The number of carbonyl (C=O) groups is 1. The predicted octanol–water partition coefficient (Wildman–Crippen LogP) is 4.44. The molecule has 102 valence electrons. The van der Waals surface area contributed by atoms with Gasteiger partial charge in [0.15, 0.2) is 0 Å². The van der Waals surface area contributed by atoms with Crippen molar-refractivity contribution in [3.8, 4) is 0 Å². The Morgan fingerprint density at radius 3 is 2.75 bits per heavy atom. The van der Waals surface area contributed by atoms with Crippen LogP contribution in [0.15, 0.2) is 48.5 Å². The van der Waals surface area contributed by atoms with Gasteiger partial charge in [0, 0.05) is 11.8 Å². The number of nitrogens with one attached hydrogen (secondary N) is 1. The van der Waals surface area contributed by atoms with Gasteiger partial charge in [-0.1, -0.05) is 41.4 Å². The lowest BCUT2D eigenvalue weighted by atomic mass is 10.1. The topological polar surface area (TPSA) is 29.1 Å². The van der Waals surface area contributed by atoms with Crippen molar-refractivity contribution in [1.29, 1.82) is 0 Å². The molecule has 0 unspecified atom stereocenters. The lowest BCUT2D eigenvalue weighted by Gasteiger charge is -2.03. The normalized spacial score (nSPS) is 10.8. The quantitative estimate of drug-likeness (QED) is 0.832. The van der Waals surface area contributed by atoms with Crippen molar-refractivity contribution in [3.05, 3.63) is 70.5 Å². The molecule has 2 nitrogen and oxygen atoms in total. The first-order valence-electron chi connectivity index (χ1n) is 6.05. The molecule has 2 rings (SSSR count). The lowest BCUT2D eigenvalue weighted by Crippen LogP contribution is -2.07. The first-order chi connectivity index (χ1) is 9.54. The maximum atomic E-state index is 13.0. The van der Waals surface area contributed by atoms with Crippen molar-refractivity contribution < 1.29 is 9.18 Å². The van der Waals surface area contributed by atoms with Crippen molar-refractivity contribution in [2.45, 2.75) is 6.92 Å². The summed E-state index contributed by atoms with van der Waals surface area (Å²) in [6, 6.07) is 11.8. The van der Waals surface area contributed by atoms with E-state index in [4.69, 9.17) is 11.6 Å². The number of benzene rings is 2. The van der Waals surface area contributed by atoms with Gasteiger partial charge in [0.25, 0.3) is 0 Å². The molecule has 20 heavy (non-hydrogen) atoms. The standard InChI is InChI=1S/C16H13ClFNO/c1-11-3-2-4-12(9-11)5-8-16(20)19-13-6-7-15(18)14(17)10-13/h2-10H,1H3,(H,19,20). The monoisotopic (exact) mass is 289 g/mol. The van der Waals surface area contributed by atoms with Crippen molar-refractivity contribution in [3.63, 3.8) is 0 Å². The van der Waals surface area contributed by atoms with E-state index in [0.717, 1.165) is 11.1 Å². The maximum absolute atomic E-state index is 13.0. The van der Waals surface area contributed by atoms with E-state index in [1.807, 2.05) is 31.2 Å². The van der Waals surface area contributed by atoms with E-state index < -0.39 is 5.82 Å². The molecule has 2 aromatic rings. The largest absolute Gasteiger partial charge is 0.322 e. The van der Waals surface area contributed by atoms with E-state index in [0.29, 0.717) is 5.69 Å². The highest BCUT2D eigenvalue weighted by atomic mass is 35.5. The molecule has 0 atom stereocenters. The minimum Gasteiger partial charge on any atom is -0.322 e. The number of hydrogen-bond acceptors (Lipinski definition) is 1. The molecule has 0 aliphatic rings. The number of halogens is 2. The fraction of sp³-hybridized carbons (Fsp3) is 0.0625. The zero-order chi connectivity index (χ0) is 14.5. The smallest absolute Gasteiger partial charge is 0.248 e. The van der Waals surface area contributed by atoms with Gasteiger partial charge in [-0.25, -0.2) is 4.39 Å². The van der Waals surface area contributed by atoms with Crippen LogP contribution in [-0.2, 0) is 4.79 Å². The molecule has 0 spiro atoms. The molecule has 0 aliphatic heterocycles. The van der Waals surface area contributed by atoms with Gasteiger partial charge < -0.3 is 5.32 Å². The Labute approximate surface area is 121 Å². The van der Waals surface area contributed by atoms with Gasteiger partial charge >= 0.3 is 0 Å². The maximum Gasteiger partial charge on any atom is 0.248 e. The molecule has 0 radical (unpaired) electrons. The van der Waals surface area contributed by atoms with E-state index in [1.54, 1.807) is 6.08 Å². The van der Waals surface area contributed by atoms with Crippen LogP contribution in [0.3, 0.4) is 0 Å². The zero-order valence-corrected chi connectivity index (χ0v) is 11.6. The number of rotatable bonds is 3. The van der Waals surface area contributed by atoms with E-state index in [1.165, 1.54) is 24.3 Å². The van der Waals surface area contributed by atoms with Crippen LogP contribution in [0.5, 0.6) is 0 Å². The Morgan fingerprint density at radius 2 is 2.05 bits per heavy atom. The van der Waals surface area contributed by atoms with E-state index in [2.05, 4.69) is 5.32 Å². The molecule has 0 bridgehead atoms. The highest BCUT2D eigenvalue weighted by Gasteiger charge is 2.02. The van der Waals surface area contributed by atoms with Gasteiger partial charge in [-0.05, 0) is 36.8 Å². The summed E-state index contributed by atoms with van der Waals surface area (Å²) in [6.45, 7) is 1.98. The SMILES string of the molecule is Cc1cccc(C=CC(=O)Nc2ccc(F)c(Cl)c2)c1. The predicted molar refractivity (Wildman–Crippen MR) is 80.3 cm³/mol. The Balaban J connectivity index is 2.03. The number of anilines is 1. The third kappa shape index (κ3) is 3.93. The third-order valence-electron chi connectivity index (χ3n) is 2.66. The average Bonchev–Trinajstić information content (AvgIpc) is 2.41. The lowest BCUT2D eigenvalue weighted by molar-refractivity contribution is -0.111. The molecule has 4 heteroatoms. The van der Waals surface area contributed by atoms with E-state index >= 15 is 0 Å². The first kappa shape index (κ1) is 14.3. The molecule has 0 heterocycles. The second kappa shape index (κ2) is 6.35. The van der Waals surface area contributed by atoms with Crippen molar-refractivity contribution in [2.24, 2.45) is 0 Å². The van der Waals surface area contributed by atoms with Crippen LogP contribution >= 0.6 is 11.6 Å². The van der Waals surface area contributed by atoms with Gasteiger partial charge in [0.2, 0.25) is 5.91 Å². The second-order valence-electron chi connectivity index (χ2n) is 4.37. The molecular weight excluding hydrogens is 277 g/mol. The summed E-state index contributed by atoms with van der Waals surface area (Å²) in [4.78, 5) is 11.7.